The Hall–Kier alpha value is -2.21. The van der Waals surface area contributed by atoms with Crippen LogP contribution in [-0.2, 0) is 9.68 Å². The fourth-order valence-corrected chi connectivity index (χ4v) is 1.81. The predicted octanol–water partition coefficient (Wildman–Crippen LogP) is 0.690. The number of rotatable bonds is 2. The second-order valence-electron chi connectivity index (χ2n) is 3.69. The lowest BCUT2D eigenvalue weighted by atomic mass is 9.93. The third kappa shape index (κ3) is 1.68. The van der Waals surface area contributed by atoms with Gasteiger partial charge in [-0.05, 0) is 18.6 Å². The molecule has 6 nitrogen and oxygen atoms in total. The van der Waals surface area contributed by atoms with Gasteiger partial charge in [-0.15, -0.1) is 0 Å². The van der Waals surface area contributed by atoms with Gasteiger partial charge in [0, 0.05) is 0 Å². The summed E-state index contributed by atoms with van der Waals surface area (Å²) in [5.74, 6) is -2.74. The molecule has 88 valence electrons. The van der Waals surface area contributed by atoms with Crippen LogP contribution < -0.4 is 5.32 Å². The number of amides is 2. The SMILES string of the molecule is CC(C(=O)OO)c1cccc2c1C(=O)NC2=O. The summed E-state index contributed by atoms with van der Waals surface area (Å²) in [7, 11) is 0. The number of carbonyl (C=O) groups is 3. The zero-order valence-electron chi connectivity index (χ0n) is 8.89. The molecule has 0 fully saturated rings. The molecule has 0 saturated carbocycles. The second-order valence-corrected chi connectivity index (χ2v) is 3.69. The average molecular weight is 235 g/mol. The normalized spacial score (nSPS) is 15.2. The van der Waals surface area contributed by atoms with Crippen LogP contribution in [0.2, 0.25) is 0 Å². The molecule has 0 saturated heterocycles. The van der Waals surface area contributed by atoms with Crippen LogP contribution in [0.3, 0.4) is 0 Å². The summed E-state index contributed by atoms with van der Waals surface area (Å²) in [6.07, 6.45) is 0. The first-order chi connectivity index (χ1) is 8.06. The van der Waals surface area contributed by atoms with Crippen molar-refractivity contribution in [1.82, 2.24) is 5.32 Å². The smallest absolute Gasteiger partial charge is 0.300 e. The van der Waals surface area contributed by atoms with Gasteiger partial charge in [-0.25, -0.2) is 4.79 Å². The number of fused-ring (bicyclic) bond motifs is 1. The third-order valence-electron chi connectivity index (χ3n) is 2.71. The van der Waals surface area contributed by atoms with E-state index in [2.05, 4.69) is 10.2 Å². The summed E-state index contributed by atoms with van der Waals surface area (Å²) in [5, 5.41) is 10.5. The molecular formula is C11H9NO5. The van der Waals surface area contributed by atoms with Crippen molar-refractivity contribution in [2.45, 2.75) is 12.8 Å². The van der Waals surface area contributed by atoms with Crippen molar-refractivity contribution in [1.29, 1.82) is 0 Å². The van der Waals surface area contributed by atoms with E-state index in [9.17, 15) is 14.4 Å². The number of hydrogen-bond acceptors (Lipinski definition) is 5. The van der Waals surface area contributed by atoms with E-state index in [4.69, 9.17) is 5.26 Å². The van der Waals surface area contributed by atoms with E-state index in [0.29, 0.717) is 5.56 Å². The lowest BCUT2D eigenvalue weighted by molar-refractivity contribution is -0.235. The van der Waals surface area contributed by atoms with E-state index in [0.717, 1.165) is 0 Å². The summed E-state index contributed by atoms with van der Waals surface area (Å²) in [6, 6.07) is 4.60. The van der Waals surface area contributed by atoms with Crippen LogP contribution in [0.25, 0.3) is 0 Å². The highest BCUT2D eigenvalue weighted by Crippen LogP contribution is 2.26. The average Bonchev–Trinajstić information content (AvgIpc) is 2.63. The monoisotopic (exact) mass is 235 g/mol. The van der Waals surface area contributed by atoms with Crippen molar-refractivity contribution in [3.8, 4) is 0 Å². The van der Waals surface area contributed by atoms with Crippen LogP contribution in [0, 0.1) is 0 Å². The Morgan fingerprint density at radius 1 is 1.35 bits per heavy atom. The van der Waals surface area contributed by atoms with Gasteiger partial charge in [0.2, 0.25) is 0 Å². The van der Waals surface area contributed by atoms with Crippen LogP contribution in [-0.4, -0.2) is 23.0 Å². The van der Waals surface area contributed by atoms with Gasteiger partial charge in [0.25, 0.3) is 11.8 Å². The summed E-state index contributed by atoms with van der Waals surface area (Å²) < 4.78 is 0. The molecule has 0 aliphatic carbocycles. The molecular weight excluding hydrogens is 226 g/mol. The van der Waals surface area contributed by atoms with Crippen LogP contribution in [0.15, 0.2) is 18.2 Å². The van der Waals surface area contributed by atoms with Crippen molar-refractivity contribution < 1.29 is 24.5 Å². The molecule has 0 bridgehead atoms. The minimum atomic E-state index is -0.884. The maximum atomic E-state index is 11.6. The Morgan fingerprint density at radius 3 is 2.71 bits per heavy atom. The quantitative estimate of drug-likeness (QED) is 0.447. The van der Waals surface area contributed by atoms with Gasteiger partial charge in [-0.2, -0.15) is 5.26 Å². The Labute approximate surface area is 96.1 Å². The number of benzene rings is 1. The Morgan fingerprint density at radius 2 is 2.06 bits per heavy atom. The second kappa shape index (κ2) is 3.99. The zero-order valence-corrected chi connectivity index (χ0v) is 8.89. The molecule has 2 rings (SSSR count). The van der Waals surface area contributed by atoms with Crippen molar-refractivity contribution in [2.75, 3.05) is 0 Å². The van der Waals surface area contributed by atoms with Crippen LogP contribution in [0.4, 0.5) is 0 Å². The molecule has 6 heteroatoms. The van der Waals surface area contributed by atoms with E-state index >= 15 is 0 Å². The first-order valence-corrected chi connectivity index (χ1v) is 4.90. The van der Waals surface area contributed by atoms with E-state index in [1.165, 1.54) is 13.0 Å². The zero-order chi connectivity index (χ0) is 12.6. The molecule has 0 radical (unpaired) electrons. The van der Waals surface area contributed by atoms with Gasteiger partial charge in [0.1, 0.15) is 0 Å². The summed E-state index contributed by atoms with van der Waals surface area (Å²) in [6.45, 7) is 1.48. The topological polar surface area (TPSA) is 92.7 Å². The summed E-state index contributed by atoms with van der Waals surface area (Å²) in [4.78, 5) is 37.8. The minimum Gasteiger partial charge on any atom is -0.300 e. The van der Waals surface area contributed by atoms with E-state index in [1.54, 1.807) is 12.1 Å². The molecule has 1 aromatic carbocycles. The minimum absolute atomic E-state index is 0.162. The lowest BCUT2D eigenvalue weighted by Gasteiger charge is -2.10. The molecule has 1 aromatic rings. The summed E-state index contributed by atoms with van der Waals surface area (Å²) >= 11 is 0. The van der Waals surface area contributed by atoms with Crippen molar-refractivity contribution in [3.63, 3.8) is 0 Å². The highest BCUT2D eigenvalue weighted by Gasteiger charge is 2.32. The first kappa shape index (κ1) is 11.3. The van der Waals surface area contributed by atoms with E-state index in [-0.39, 0.29) is 11.1 Å². The Bertz CT molecular complexity index is 523. The number of carbonyl (C=O) groups excluding carboxylic acids is 3. The molecule has 1 unspecified atom stereocenters. The highest BCUT2D eigenvalue weighted by molar-refractivity contribution is 6.22. The van der Waals surface area contributed by atoms with Crippen LogP contribution >= 0.6 is 0 Å². The highest BCUT2D eigenvalue weighted by atomic mass is 17.1. The van der Waals surface area contributed by atoms with Gasteiger partial charge in [0.15, 0.2) is 0 Å². The van der Waals surface area contributed by atoms with Crippen molar-refractivity contribution in [3.05, 3.63) is 34.9 Å². The predicted molar refractivity (Wildman–Crippen MR) is 55.4 cm³/mol. The van der Waals surface area contributed by atoms with Gasteiger partial charge >= 0.3 is 5.97 Å². The number of hydrogen-bond donors (Lipinski definition) is 2. The van der Waals surface area contributed by atoms with Gasteiger partial charge < -0.3 is 4.89 Å². The largest absolute Gasteiger partial charge is 0.349 e. The molecule has 1 heterocycles. The Kier molecular flexibility index (Phi) is 2.64. The number of imide groups is 1. The standard InChI is InChI=1S/C11H9NO5/c1-5(11(15)17-16)6-3-2-4-7-8(6)10(14)12-9(7)13/h2-5,16H,1H3,(H,12,13,14). The lowest BCUT2D eigenvalue weighted by Crippen LogP contribution is -2.21. The maximum absolute atomic E-state index is 11.6. The molecule has 2 amide bonds. The van der Waals surface area contributed by atoms with Gasteiger partial charge in [-0.3, -0.25) is 14.9 Å². The van der Waals surface area contributed by atoms with Gasteiger partial charge in [-0.1, -0.05) is 12.1 Å². The third-order valence-corrected chi connectivity index (χ3v) is 2.71. The fourth-order valence-electron chi connectivity index (χ4n) is 1.81. The maximum Gasteiger partial charge on any atom is 0.349 e. The van der Waals surface area contributed by atoms with E-state index in [1.807, 2.05) is 0 Å². The molecule has 1 aliphatic rings. The van der Waals surface area contributed by atoms with Crippen LogP contribution in [0.1, 0.15) is 39.1 Å². The molecule has 17 heavy (non-hydrogen) atoms. The number of nitrogens with one attached hydrogen (secondary N) is 1. The Balaban J connectivity index is 2.54. The molecule has 1 aliphatic heterocycles. The van der Waals surface area contributed by atoms with Gasteiger partial charge in [0.05, 0.1) is 17.0 Å². The molecule has 0 aromatic heterocycles. The van der Waals surface area contributed by atoms with Crippen molar-refractivity contribution in [2.24, 2.45) is 0 Å². The first-order valence-electron chi connectivity index (χ1n) is 4.90. The van der Waals surface area contributed by atoms with Crippen molar-refractivity contribution >= 4 is 17.8 Å². The molecule has 1 atom stereocenters. The molecule has 2 N–H and O–H groups in total. The summed E-state index contributed by atoms with van der Waals surface area (Å²) in [5.41, 5.74) is 0.741. The fraction of sp³-hybridized carbons (Fsp3) is 0.182. The van der Waals surface area contributed by atoms with E-state index < -0.39 is 23.7 Å². The van der Waals surface area contributed by atoms with Crippen LogP contribution in [0.5, 0.6) is 0 Å². The molecule has 0 spiro atoms.